The second-order valence-electron chi connectivity index (χ2n) is 4.18. The maximum atomic E-state index is 10.5. The van der Waals surface area contributed by atoms with E-state index < -0.39 is 14.4 Å². The van der Waals surface area contributed by atoms with Crippen molar-refractivity contribution in [2.24, 2.45) is 5.73 Å². The molecule has 0 aliphatic carbocycles. The lowest BCUT2D eigenvalue weighted by Gasteiger charge is -2.34. The van der Waals surface area contributed by atoms with Gasteiger partial charge >= 0.3 is 6.09 Å². The Morgan fingerprint density at radius 3 is 1.82 bits per heavy atom. The van der Waals surface area contributed by atoms with Gasteiger partial charge < -0.3 is 10.2 Å². The van der Waals surface area contributed by atoms with Crippen molar-refractivity contribution in [2.45, 2.75) is 38.9 Å². The maximum absolute atomic E-state index is 10.5. The first kappa shape index (κ1) is 10.5. The van der Waals surface area contributed by atoms with E-state index in [4.69, 9.17) is 10.2 Å². The Morgan fingerprint density at radius 2 is 1.73 bits per heavy atom. The molecule has 0 heterocycles. The van der Waals surface area contributed by atoms with Gasteiger partial charge in [0.05, 0.1) is 0 Å². The van der Waals surface area contributed by atoms with Crippen molar-refractivity contribution in [3.05, 3.63) is 0 Å². The summed E-state index contributed by atoms with van der Waals surface area (Å²) in [5, 5.41) is 0.0437. The van der Waals surface area contributed by atoms with Crippen LogP contribution in [0.2, 0.25) is 18.1 Å². The van der Waals surface area contributed by atoms with Crippen molar-refractivity contribution < 1.29 is 9.22 Å². The van der Waals surface area contributed by atoms with Gasteiger partial charge in [0.2, 0.25) is 0 Å². The van der Waals surface area contributed by atoms with E-state index in [2.05, 4.69) is 20.8 Å². The third-order valence-electron chi connectivity index (χ3n) is 2.16. The SMILES string of the molecule is CC(C)(C)[Si](C)(C)OC(N)=O. The van der Waals surface area contributed by atoms with Crippen LogP contribution in [0, 0.1) is 0 Å². The Kier molecular flexibility index (Phi) is 2.72. The largest absolute Gasteiger partial charge is 0.504 e. The van der Waals surface area contributed by atoms with Gasteiger partial charge in [-0.1, -0.05) is 20.8 Å². The molecular weight excluding hydrogens is 158 g/mol. The van der Waals surface area contributed by atoms with Crippen molar-refractivity contribution in [3.8, 4) is 0 Å². The van der Waals surface area contributed by atoms with Gasteiger partial charge in [-0.3, -0.25) is 0 Å². The van der Waals surface area contributed by atoms with Crippen LogP contribution in [0.1, 0.15) is 20.8 Å². The number of nitrogens with two attached hydrogens (primary N) is 1. The summed E-state index contributed by atoms with van der Waals surface area (Å²) in [6.07, 6.45) is -0.656. The molecule has 0 aromatic heterocycles. The van der Waals surface area contributed by atoms with Crippen molar-refractivity contribution in [1.82, 2.24) is 0 Å². The van der Waals surface area contributed by atoms with E-state index in [1.807, 2.05) is 13.1 Å². The molecule has 0 aliphatic heterocycles. The molecular formula is C7H17NO2Si. The number of amides is 1. The fourth-order valence-electron chi connectivity index (χ4n) is 0.405. The Bertz CT molecular complexity index is 160. The minimum atomic E-state index is -1.94. The first-order valence-corrected chi connectivity index (χ1v) is 6.56. The summed E-state index contributed by atoms with van der Waals surface area (Å²) in [6.45, 7) is 10.1. The second kappa shape index (κ2) is 2.85. The predicted octanol–water partition coefficient (Wildman–Crippen LogP) is 2.09. The minimum absolute atomic E-state index is 0.0437. The van der Waals surface area contributed by atoms with Crippen molar-refractivity contribution >= 4 is 14.4 Å². The molecule has 3 nitrogen and oxygen atoms in total. The molecule has 0 unspecified atom stereocenters. The number of hydrogen-bond donors (Lipinski definition) is 1. The Labute approximate surface area is 69.0 Å². The Balaban J connectivity index is 4.34. The topological polar surface area (TPSA) is 52.3 Å². The van der Waals surface area contributed by atoms with Crippen LogP contribution in [0.3, 0.4) is 0 Å². The fraction of sp³-hybridized carbons (Fsp3) is 0.857. The van der Waals surface area contributed by atoms with Gasteiger partial charge in [0, 0.05) is 0 Å². The molecule has 0 radical (unpaired) electrons. The molecule has 4 heteroatoms. The molecule has 0 bridgehead atoms. The summed E-state index contributed by atoms with van der Waals surface area (Å²) in [5.74, 6) is 0. The average molecular weight is 175 g/mol. The summed E-state index contributed by atoms with van der Waals surface area (Å²) in [6, 6.07) is 0. The molecule has 0 aromatic carbocycles. The Morgan fingerprint density at radius 1 is 1.36 bits per heavy atom. The smallest absolute Gasteiger partial charge is 0.390 e. The van der Waals surface area contributed by atoms with Crippen LogP contribution in [0.25, 0.3) is 0 Å². The molecule has 0 saturated carbocycles. The molecule has 0 fully saturated rings. The van der Waals surface area contributed by atoms with Crippen molar-refractivity contribution in [2.75, 3.05) is 0 Å². The van der Waals surface area contributed by atoms with E-state index in [0.717, 1.165) is 0 Å². The van der Waals surface area contributed by atoms with E-state index in [9.17, 15) is 4.79 Å². The summed E-state index contributed by atoms with van der Waals surface area (Å²) in [5.41, 5.74) is 4.95. The molecule has 0 aliphatic rings. The van der Waals surface area contributed by atoms with Crippen LogP contribution in [0.15, 0.2) is 0 Å². The minimum Gasteiger partial charge on any atom is -0.504 e. The summed E-state index contributed by atoms with van der Waals surface area (Å²) in [7, 11) is -1.94. The van der Waals surface area contributed by atoms with Crippen LogP contribution in [-0.4, -0.2) is 14.4 Å². The summed E-state index contributed by atoms with van der Waals surface area (Å²) in [4.78, 5) is 10.5. The van der Waals surface area contributed by atoms with Gasteiger partial charge in [0.25, 0.3) is 8.32 Å². The molecule has 0 atom stereocenters. The van der Waals surface area contributed by atoms with Gasteiger partial charge in [-0.05, 0) is 18.1 Å². The zero-order valence-corrected chi connectivity index (χ0v) is 8.89. The fourth-order valence-corrected chi connectivity index (χ4v) is 1.21. The molecule has 66 valence electrons. The second-order valence-corrected chi connectivity index (χ2v) is 8.91. The zero-order valence-electron chi connectivity index (χ0n) is 7.89. The van der Waals surface area contributed by atoms with E-state index in [1.165, 1.54) is 0 Å². The first-order chi connectivity index (χ1) is 4.67. The van der Waals surface area contributed by atoms with Crippen LogP contribution < -0.4 is 5.73 Å². The molecule has 1 amide bonds. The predicted molar refractivity (Wildman–Crippen MR) is 47.9 cm³/mol. The number of rotatable bonds is 1. The number of carbonyl (C=O) groups excluding carboxylic acids is 1. The number of primary amides is 1. The van der Waals surface area contributed by atoms with Crippen molar-refractivity contribution in [1.29, 1.82) is 0 Å². The van der Waals surface area contributed by atoms with E-state index in [1.54, 1.807) is 0 Å². The van der Waals surface area contributed by atoms with Crippen LogP contribution in [0.5, 0.6) is 0 Å². The van der Waals surface area contributed by atoms with Crippen LogP contribution in [0.4, 0.5) is 4.79 Å². The quantitative estimate of drug-likeness (QED) is 0.620. The molecule has 0 rings (SSSR count). The van der Waals surface area contributed by atoms with Gasteiger partial charge in [0.1, 0.15) is 0 Å². The highest BCUT2D eigenvalue weighted by atomic mass is 28.4. The summed E-state index contributed by atoms with van der Waals surface area (Å²) < 4.78 is 5.08. The monoisotopic (exact) mass is 175 g/mol. The highest BCUT2D eigenvalue weighted by Gasteiger charge is 2.39. The van der Waals surface area contributed by atoms with Gasteiger partial charge in [0.15, 0.2) is 0 Å². The molecule has 11 heavy (non-hydrogen) atoms. The number of carbonyl (C=O) groups is 1. The first-order valence-electron chi connectivity index (χ1n) is 3.65. The molecule has 0 spiro atoms. The van der Waals surface area contributed by atoms with Crippen molar-refractivity contribution in [3.63, 3.8) is 0 Å². The van der Waals surface area contributed by atoms with E-state index in [-0.39, 0.29) is 5.04 Å². The van der Waals surface area contributed by atoms with Crippen LogP contribution in [-0.2, 0) is 4.43 Å². The normalized spacial score (nSPS) is 12.8. The number of hydrogen-bond acceptors (Lipinski definition) is 2. The standard InChI is InChI=1S/C7H17NO2Si/c1-7(2,3)11(4,5)10-6(8)9/h1-5H3,(H2,8,9). The third-order valence-corrected chi connectivity index (χ3v) is 6.49. The molecule has 0 aromatic rings. The third kappa shape index (κ3) is 2.92. The Hall–Kier alpha value is -0.513. The molecule has 2 N–H and O–H groups in total. The van der Waals surface area contributed by atoms with Crippen LogP contribution >= 0.6 is 0 Å². The van der Waals surface area contributed by atoms with E-state index >= 15 is 0 Å². The zero-order chi connectivity index (χ0) is 9.28. The maximum Gasteiger partial charge on any atom is 0.390 e. The van der Waals surface area contributed by atoms with Gasteiger partial charge in [-0.15, -0.1) is 0 Å². The van der Waals surface area contributed by atoms with Gasteiger partial charge in [-0.25, -0.2) is 4.79 Å². The highest BCUT2D eigenvalue weighted by molar-refractivity contribution is 6.75. The van der Waals surface area contributed by atoms with E-state index in [0.29, 0.717) is 0 Å². The average Bonchev–Trinajstić information content (AvgIpc) is 1.56. The van der Waals surface area contributed by atoms with Gasteiger partial charge in [-0.2, -0.15) is 0 Å². The molecule has 0 saturated heterocycles. The lowest BCUT2D eigenvalue weighted by atomic mass is 10.2. The summed E-state index contributed by atoms with van der Waals surface area (Å²) >= 11 is 0. The lowest BCUT2D eigenvalue weighted by molar-refractivity contribution is 0.206. The highest BCUT2D eigenvalue weighted by Crippen LogP contribution is 2.36. The lowest BCUT2D eigenvalue weighted by Crippen LogP contribution is -2.44.